The van der Waals surface area contributed by atoms with Gasteiger partial charge in [-0.25, -0.2) is 4.31 Å². The molecule has 2 unspecified atom stereocenters. The van der Waals surface area contributed by atoms with Crippen molar-refractivity contribution in [2.45, 2.75) is 84.4 Å². The molecule has 220 valence electrons. The molecule has 15 heteroatoms. The molecule has 0 spiro atoms. The van der Waals surface area contributed by atoms with Crippen LogP contribution < -0.4 is 0 Å². The molecule has 0 bridgehead atoms. The average molecular weight is 571 g/mol. The Kier molecular flexibility index (Phi) is 24.9. The maximum absolute atomic E-state index is 11.6. The molecular formula is C21H48O13P2. The maximum atomic E-state index is 11.6. The highest BCUT2D eigenvalue weighted by atomic mass is 31.2. The van der Waals surface area contributed by atoms with Crippen LogP contribution in [0.15, 0.2) is 0 Å². The average Bonchev–Trinajstić information content (AvgIpc) is 2.80. The molecule has 0 heterocycles. The first-order valence-electron chi connectivity index (χ1n) is 12.1. The van der Waals surface area contributed by atoms with E-state index in [0.29, 0.717) is 26.4 Å². The Morgan fingerprint density at radius 3 is 1.22 bits per heavy atom. The molecule has 0 rings (SSSR count). The molecule has 2 atom stereocenters. The Morgan fingerprint density at radius 1 is 0.639 bits per heavy atom. The lowest BCUT2D eigenvalue weighted by Crippen LogP contribution is -2.59. The molecule has 0 saturated carbocycles. The largest absolute Gasteiger partial charge is 0.395 e. The molecule has 13 nitrogen and oxygen atoms in total. The van der Waals surface area contributed by atoms with Crippen molar-refractivity contribution in [3.8, 4) is 0 Å². The lowest BCUT2D eigenvalue weighted by Gasteiger charge is -2.46. The van der Waals surface area contributed by atoms with Gasteiger partial charge in [0.15, 0.2) is 12.6 Å². The van der Waals surface area contributed by atoms with Gasteiger partial charge in [0.25, 0.3) is 0 Å². The van der Waals surface area contributed by atoms with Crippen LogP contribution in [-0.4, -0.2) is 104 Å². The molecule has 0 amide bonds. The van der Waals surface area contributed by atoms with E-state index in [1.54, 1.807) is 0 Å². The summed E-state index contributed by atoms with van der Waals surface area (Å²) in [7, 11) is -5.22. The van der Waals surface area contributed by atoms with Crippen LogP contribution in [0, 0.1) is 5.41 Å². The van der Waals surface area contributed by atoms with Crippen molar-refractivity contribution in [3.05, 3.63) is 0 Å². The second-order valence-corrected chi connectivity index (χ2v) is 9.66. The summed E-state index contributed by atoms with van der Waals surface area (Å²) in [6.07, 6.45) is 1.99. The van der Waals surface area contributed by atoms with Gasteiger partial charge in [0.2, 0.25) is 0 Å². The fraction of sp³-hybridized carbons (Fsp3) is 1.00. The summed E-state index contributed by atoms with van der Waals surface area (Å²) >= 11 is 0. The predicted molar refractivity (Wildman–Crippen MR) is 134 cm³/mol. The van der Waals surface area contributed by atoms with Crippen molar-refractivity contribution < 1.29 is 63.3 Å². The zero-order valence-electron chi connectivity index (χ0n) is 21.9. The molecule has 0 aromatic rings. The topological polar surface area (TPSA) is 208 Å². The van der Waals surface area contributed by atoms with E-state index in [9.17, 15) is 20.4 Å². The molecule has 0 aliphatic rings. The van der Waals surface area contributed by atoms with Crippen molar-refractivity contribution in [1.82, 2.24) is 0 Å². The van der Waals surface area contributed by atoms with Gasteiger partial charge in [-0.1, -0.05) is 26.7 Å². The summed E-state index contributed by atoms with van der Waals surface area (Å²) < 4.78 is 26.4. The molecule has 36 heavy (non-hydrogen) atoms. The fourth-order valence-electron chi connectivity index (χ4n) is 3.15. The van der Waals surface area contributed by atoms with Gasteiger partial charge in [-0.05, 0) is 26.7 Å². The van der Waals surface area contributed by atoms with Gasteiger partial charge < -0.3 is 58.9 Å². The minimum Gasteiger partial charge on any atom is -0.395 e. The second kappa shape index (κ2) is 23.2. The van der Waals surface area contributed by atoms with E-state index < -0.39 is 60.6 Å². The number of hydrogen-bond donors (Lipinski definition) is 8. The standard InChI is InChI=1S/C21H44O8.H4O5P2/c1-5-9-11-28-18(26-7-3)13-21(25,20(15-22,16-23)17-24)14-19(27-8-4)29-12-10-6-2;1-6(2)5-7(3)4/h18-19,22-25H,5-17H2,1-4H3;1-4H. The zero-order valence-corrected chi connectivity index (χ0v) is 23.6. The van der Waals surface area contributed by atoms with Crippen LogP contribution >= 0.6 is 17.2 Å². The van der Waals surface area contributed by atoms with E-state index in [2.05, 4.69) is 4.31 Å². The molecule has 0 fully saturated rings. The van der Waals surface area contributed by atoms with Gasteiger partial charge in [0, 0.05) is 39.3 Å². The monoisotopic (exact) mass is 570 g/mol. The van der Waals surface area contributed by atoms with Crippen molar-refractivity contribution >= 4 is 17.2 Å². The van der Waals surface area contributed by atoms with Crippen molar-refractivity contribution in [1.29, 1.82) is 0 Å². The molecule has 0 radical (unpaired) electrons. The molecular weight excluding hydrogens is 522 g/mol. The number of unbranched alkanes of at least 4 members (excludes halogenated alkanes) is 2. The first kappa shape index (κ1) is 38.5. The third-order valence-corrected chi connectivity index (χ3v) is 6.53. The third-order valence-electron chi connectivity index (χ3n) is 5.36. The predicted octanol–water partition coefficient (Wildman–Crippen LogP) is 1.25. The van der Waals surface area contributed by atoms with Crippen LogP contribution in [0.4, 0.5) is 0 Å². The summed E-state index contributed by atoms with van der Waals surface area (Å²) in [6.45, 7) is 7.57. The van der Waals surface area contributed by atoms with Gasteiger partial charge in [-0.3, -0.25) is 0 Å². The van der Waals surface area contributed by atoms with Crippen LogP contribution in [0.25, 0.3) is 0 Å². The highest BCUT2D eigenvalue weighted by Crippen LogP contribution is 2.42. The minimum atomic E-state index is -2.61. The van der Waals surface area contributed by atoms with Crippen LogP contribution in [0.3, 0.4) is 0 Å². The Bertz CT molecular complexity index is 448. The Balaban J connectivity index is 0. The second-order valence-electron chi connectivity index (χ2n) is 8.00. The molecule has 0 aromatic heterocycles. The fourth-order valence-corrected chi connectivity index (χ4v) is 3.67. The van der Waals surface area contributed by atoms with Crippen LogP contribution in [0.1, 0.15) is 66.2 Å². The van der Waals surface area contributed by atoms with E-state index in [4.69, 9.17) is 38.5 Å². The highest BCUT2D eigenvalue weighted by molar-refractivity contribution is 7.53. The van der Waals surface area contributed by atoms with E-state index in [-0.39, 0.29) is 12.8 Å². The van der Waals surface area contributed by atoms with Crippen LogP contribution in [-0.2, 0) is 23.3 Å². The number of aliphatic hydroxyl groups is 4. The third kappa shape index (κ3) is 16.3. The smallest absolute Gasteiger partial charge is 0.334 e. The number of aliphatic hydroxyl groups excluding tert-OH is 3. The Hall–Kier alpha value is 0.340. The maximum Gasteiger partial charge on any atom is 0.334 e. The quantitative estimate of drug-likeness (QED) is 0.0524. The number of rotatable bonds is 22. The van der Waals surface area contributed by atoms with E-state index in [1.807, 2.05) is 27.7 Å². The number of ether oxygens (including phenoxy) is 4. The Morgan fingerprint density at radius 2 is 1.00 bits per heavy atom. The summed E-state index contributed by atoms with van der Waals surface area (Å²) in [4.78, 5) is 31.3. The number of hydrogen-bond acceptors (Lipinski definition) is 13. The minimum absolute atomic E-state index is 0.0487. The summed E-state index contributed by atoms with van der Waals surface area (Å²) in [5.41, 5.74) is -3.32. The lowest BCUT2D eigenvalue weighted by molar-refractivity contribution is -0.248. The van der Waals surface area contributed by atoms with Crippen molar-refractivity contribution in [2.75, 3.05) is 46.2 Å². The van der Waals surface area contributed by atoms with Gasteiger partial charge in [-0.2, -0.15) is 0 Å². The normalized spacial score (nSPS) is 15.5. The molecule has 0 saturated heterocycles. The van der Waals surface area contributed by atoms with Gasteiger partial charge in [-0.15, -0.1) is 0 Å². The van der Waals surface area contributed by atoms with Gasteiger partial charge in [0.05, 0.1) is 30.8 Å². The van der Waals surface area contributed by atoms with Crippen molar-refractivity contribution in [2.24, 2.45) is 5.41 Å². The first-order valence-corrected chi connectivity index (χ1v) is 14.4. The van der Waals surface area contributed by atoms with Crippen LogP contribution in [0.5, 0.6) is 0 Å². The molecule has 0 aromatic carbocycles. The summed E-state index contributed by atoms with van der Waals surface area (Å²) in [5, 5.41) is 41.6. The highest BCUT2D eigenvalue weighted by Gasteiger charge is 2.52. The lowest BCUT2D eigenvalue weighted by atomic mass is 9.69. The van der Waals surface area contributed by atoms with Gasteiger partial charge in [0.1, 0.15) is 0 Å². The van der Waals surface area contributed by atoms with Gasteiger partial charge >= 0.3 is 17.2 Å². The summed E-state index contributed by atoms with van der Waals surface area (Å²) in [6, 6.07) is 0. The first-order chi connectivity index (χ1) is 17.0. The Labute approximate surface area is 216 Å². The van der Waals surface area contributed by atoms with E-state index >= 15 is 0 Å². The zero-order chi connectivity index (χ0) is 28.0. The van der Waals surface area contributed by atoms with E-state index in [0.717, 1.165) is 25.7 Å². The SMILES string of the molecule is CCCCOC(CC(O)(CC(OCC)OCCCC)C(CO)(CO)CO)OCC.OP(O)OP(O)O. The molecule has 8 N–H and O–H groups in total. The molecule has 0 aliphatic carbocycles. The van der Waals surface area contributed by atoms with E-state index in [1.165, 1.54) is 0 Å². The summed E-state index contributed by atoms with van der Waals surface area (Å²) in [5.74, 6) is 0. The molecule has 0 aliphatic heterocycles. The van der Waals surface area contributed by atoms with Crippen LogP contribution in [0.2, 0.25) is 0 Å². The van der Waals surface area contributed by atoms with Crippen molar-refractivity contribution in [3.63, 3.8) is 0 Å².